The number of rotatable bonds is 11. The molecule has 0 unspecified atom stereocenters. The van der Waals surface area contributed by atoms with Gasteiger partial charge in [0, 0.05) is 39.8 Å². The number of nitrogens with zero attached hydrogens (tertiary/aromatic N) is 3. The van der Waals surface area contributed by atoms with Gasteiger partial charge in [-0.1, -0.05) is 13.3 Å². The molecule has 0 bridgehead atoms. The van der Waals surface area contributed by atoms with Crippen LogP contribution in [0.5, 0.6) is 0 Å². The molecule has 0 radical (unpaired) electrons. The largest absolute Gasteiger partial charge is 0.461 e. The minimum Gasteiger partial charge on any atom is -0.461 e. The number of ether oxygens (including phenoxy) is 1. The third kappa shape index (κ3) is 8.17. The fourth-order valence-corrected chi connectivity index (χ4v) is 2.17. The summed E-state index contributed by atoms with van der Waals surface area (Å²) in [5.41, 5.74) is 0. The summed E-state index contributed by atoms with van der Waals surface area (Å²) in [5.74, 6) is 2.82. The van der Waals surface area contributed by atoms with Crippen molar-refractivity contribution in [3.05, 3.63) is 24.2 Å². The number of nitrogens with one attached hydrogen (secondary N) is 3. The van der Waals surface area contributed by atoms with Crippen molar-refractivity contribution >= 4 is 29.9 Å². The van der Waals surface area contributed by atoms with Crippen LogP contribution in [0.2, 0.25) is 0 Å². The summed E-state index contributed by atoms with van der Waals surface area (Å²) in [4.78, 5) is 8.61. The van der Waals surface area contributed by atoms with E-state index in [9.17, 15) is 0 Å². The number of furan rings is 1. The number of halogens is 1. The highest BCUT2D eigenvalue weighted by atomic mass is 127. The summed E-state index contributed by atoms with van der Waals surface area (Å²) in [6, 6.07) is 3.65. The van der Waals surface area contributed by atoms with E-state index in [0.29, 0.717) is 24.6 Å². The van der Waals surface area contributed by atoms with Crippen LogP contribution >= 0.6 is 24.0 Å². The monoisotopic (exact) mass is 476 g/mol. The molecule has 0 spiro atoms. The summed E-state index contributed by atoms with van der Waals surface area (Å²) in [6.45, 7) is 5.33. The molecule has 2 aromatic rings. The number of aliphatic imine (C=N–C) groups is 1. The van der Waals surface area contributed by atoms with Gasteiger partial charge in [0.25, 0.3) is 0 Å². The van der Waals surface area contributed by atoms with Crippen molar-refractivity contribution in [2.24, 2.45) is 4.99 Å². The van der Waals surface area contributed by atoms with Crippen molar-refractivity contribution in [3.8, 4) is 11.6 Å². The Kier molecular flexibility index (Phi) is 11.7. The van der Waals surface area contributed by atoms with Crippen LogP contribution in [0.4, 0.5) is 0 Å². The maximum atomic E-state index is 5.53. The Hall–Kier alpha value is -1.62. The molecule has 9 heteroatoms. The molecule has 0 fully saturated rings. The van der Waals surface area contributed by atoms with Gasteiger partial charge in [-0.15, -0.1) is 24.0 Å². The molecule has 2 rings (SSSR count). The molecule has 2 heterocycles. The summed E-state index contributed by atoms with van der Waals surface area (Å²) in [7, 11) is 1.76. The van der Waals surface area contributed by atoms with Crippen LogP contribution in [0.15, 0.2) is 27.8 Å². The molecule has 0 amide bonds. The van der Waals surface area contributed by atoms with Crippen LogP contribution in [0.3, 0.4) is 0 Å². The molecule has 0 aliphatic rings. The normalized spacial score (nSPS) is 11.2. The Morgan fingerprint density at radius 1 is 1.27 bits per heavy atom. The molecule has 0 saturated heterocycles. The van der Waals surface area contributed by atoms with Gasteiger partial charge in [-0.2, -0.15) is 5.10 Å². The Labute approximate surface area is 171 Å². The van der Waals surface area contributed by atoms with Crippen molar-refractivity contribution in [1.82, 2.24) is 25.8 Å². The first kappa shape index (κ1) is 22.4. The molecule has 0 saturated carbocycles. The smallest absolute Gasteiger partial charge is 0.216 e. The number of guanidine groups is 1. The first-order valence-electron chi connectivity index (χ1n) is 8.81. The second-order valence-corrected chi connectivity index (χ2v) is 5.58. The minimum atomic E-state index is 0. The van der Waals surface area contributed by atoms with E-state index in [-0.39, 0.29) is 24.0 Å². The number of H-pyrrole nitrogens is 1. The molecular weight excluding hydrogens is 447 g/mol. The lowest BCUT2D eigenvalue weighted by molar-refractivity contribution is 0.129. The van der Waals surface area contributed by atoms with Crippen LogP contribution in [-0.4, -0.2) is 54.5 Å². The van der Waals surface area contributed by atoms with Crippen molar-refractivity contribution in [2.45, 2.75) is 32.6 Å². The maximum Gasteiger partial charge on any atom is 0.216 e. The summed E-state index contributed by atoms with van der Waals surface area (Å²) in [6.07, 6.45) is 5.58. The average molecular weight is 476 g/mol. The first-order valence-corrected chi connectivity index (χ1v) is 8.81. The Balaban J connectivity index is 0.00000338. The van der Waals surface area contributed by atoms with Crippen LogP contribution in [0.25, 0.3) is 11.6 Å². The topological polar surface area (TPSA) is 100 Å². The summed E-state index contributed by atoms with van der Waals surface area (Å²) >= 11 is 0. The summed E-state index contributed by atoms with van der Waals surface area (Å²) in [5, 5.41) is 13.6. The quantitative estimate of drug-likeness (QED) is 0.200. The molecule has 0 aromatic carbocycles. The Bertz CT molecular complexity index is 615. The van der Waals surface area contributed by atoms with Gasteiger partial charge >= 0.3 is 0 Å². The maximum absolute atomic E-state index is 5.53. The van der Waals surface area contributed by atoms with Gasteiger partial charge in [0.1, 0.15) is 5.82 Å². The third-order valence-electron chi connectivity index (χ3n) is 3.55. The lowest BCUT2D eigenvalue weighted by atomic mass is 10.3. The number of hydrogen-bond acceptors (Lipinski definition) is 5. The molecule has 0 atom stereocenters. The van der Waals surface area contributed by atoms with Crippen molar-refractivity contribution in [2.75, 3.05) is 33.4 Å². The first-order chi connectivity index (χ1) is 12.3. The lowest BCUT2D eigenvalue weighted by Crippen LogP contribution is -2.39. The van der Waals surface area contributed by atoms with E-state index in [1.54, 1.807) is 13.3 Å². The van der Waals surface area contributed by atoms with Gasteiger partial charge in [-0.25, -0.2) is 4.98 Å². The van der Waals surface area contributed by atoms with Gasteiger partial charge in [-0.3, -0.25) is 10.1 Å². The number of aromatic nitrogens is 3. The van der Waals surface area contributed by atoms with E-state index in [2.05, 4.69) is 37.7 Å². The number of aromatic amines is 1. The standard InChI is InChI=1S/C17H28N6O2.HI/c1-3-4-11-24-12-6-9-19-17(18-2)20-10-8-15-21-16(23-22-15)14-7-5-13-25-14;/h5,7,13H,3-4,6,8-12H2,1-2H3,(H2,18,19,20)(H,21,22,23);1H. The molecule has 3 N–H and O–H groups in total. The third-order valence-corrected chi connectivity index (χ3v) is 3.55. The minimum absolute atomic E-state index is 0. The molecule has 8 nitrogen and oxygen atoms in total. The van der Waals surface area contributed by atoms with Gasteiger partial charge in [0.15, 0.2) is 11.7 Å². The molecule has 2 aromatic heterocycles. The van der Waals surface area contributed by atoms with Crippen LogP contribution in [0, 0.1) is 0 Å². The fourth-order valence-electron chi connectivity index (χ4n) is 2.17. The molecular formula is C17H29IN6O2. The number of unbranched alkanes of at least 4 members (excludes halogenated alkanes) is 1. The van der Waals surface area contributed by atoms with E-state index >= 15 is 0 Å². The van der Waals surface area contributed by atoms with Gasteiger partial charge in [-0.05, 0) is 25.0 Å². The van der Waals surface area contributed by atoms with Crippen LogP contribution in [0.1, 0.15) is 32.0 Å². The van der Waals surface area contributed by atoms with E-state index in [0.717, 1.165) is 44.4 Å². The fraction of sp³-hybridized carbons (Fsp3) is 0.588. The highest BCUT2D eigenvalue weighted by Crippen LogP contribution is 2.14. The lowest BCUT2D eigenvalue weighted by Gasteiger charge is -2.11. The van der Waals surface area contributed by atoms with E-state index in [1.165, 1.54) is 6.42 Å². The molecule has 0 aliphatic carbocycles. The highest BCUT2D eigenvalue weighted by molar-refractivity contribution is 14.0. The second kappa shape index (κ2) is 13.6. The summed E-state index contributed by atoms with van der Waals surface area (Å²) < 4.78 is 10.8. The zero-order valence-corrected chi connectivity index (χ0v) is 17.8. The zero-order valence-electron chi connectivity index (χ0n) is 15.5. The Morgan fingerprint density at radius 2 is 2.08 bits per heavy atom. The molecule has 146 valence electrons. The van der Waals surface area contributed by atoms with Crippen molar-refractivity contribution < 1.29 is 9.15 Å². The van der Waals surface area contributed by atoms with Crippen molar-refractivity contribution in [3.63, 3.8) is 0 Å². The molecule has 0 aliphatic heterocycles. The van der Waals surface area contributed by atoms with Crippen LogP contribution in [-0.2, 0) is 11.2 Å². The predicted molar refractivity (Wildman–Crippen MR) is 113 cm³/mol. The van der Waals surface area contributed by atoms with Gasteiger partial charge in [0.2, 0.25) is 5.82 Å². The number of hydrogen-bond donors (Lipinski definition) is 3. The van der Waals surface area contributed by atoms with E-state index in [1.807, 2.05) is 12.1 Å². The van der Waals surface area contributed by atoms with Crippen molar-refractivity contribution in [1.29, 1.82) is 0 Å². The van der Waals surface area contributed by atoms with Gasteiger partial charge in [0.05, 0.1) is 6.26 Å². The van der Waals surface area contributed by atoms with Crippen LogP contribution < -0.4 is 10.6 Å². The zero-order chi connectivity index (χ0) is 17.7. The predicted octanol–water partition coefficient (Wildman–Crippen LogP) is 2.60. The van der Waals surface area contributed by atoms with Gasteiger partial charge < -0.3 is 19.8 Å². The van der Waals surface area contributed by atoms with E-state index in [4.69, 9.17) is 9.15 Å². The molecule has 26 heavy (non-hydrogen) atoms. The van der Waals surface area contributed by atoms with E-state index < -0.39 is 0 Å². The Morgan fingerprint density at radius 3 is 2.81 bits per heavy atom. The SMILES string of the molecule is CCCCOCCCNC(=NC)NCCc1nc(-c2ccco2)n[nH]1.I. The average Bonchev–Trinajstić information content (AvgIpc) is 3.30. The highest BCUT2D eigenvalue weighted by Gasteiger charge is 2.08. The second-order valence-electron chi connectivity index (χ2n) is 5.58.